The fourth-order valence-corrected chi connectivity index (χ4v) is 2.46. The van der Waals surface area contributed by atoms with Crippen LogP contribution in [-0.2, 0) is 4.79 Å². The van der Waals surface area contributed by atoms with Crippen molar-refractivity contribution in [2.45, 2.75) is 19.0 Å². The van der Waals surface area contributed by atoms with E-state index in [1.54, 1.807) is 0 Å². The lowest BCUT2D eigenvalue weighted by atomic mass is 10.1. The average molecular weight is 269 g/mol. The van der Waals surface area contributed by atoms with Gasteiger partial charge < -0.3 is 16.0 Å². The Morgan fingerprint density at radius 3 is 2.65 bits per heavy atom. The topological polar surface area (TPSA) is 53.2 Å². The average Bonchev–Trinajstić information content (AvgIpc) is 2.48. The van der Waals surface area contributed by atoms with Crippen LogP contribution in [0.15, 0.2) is 42.5 Å². The Kier molecular flexibility index (Phi) is 3.67. The molecule has 1 aliphatic rings. The van der Waals surface area contributed by atoms with Crippen LogP contribution in [0.5, 0.6) is 0 Å². The van der Waals surface area contributed by atoms with Gasteiger partial charge in [-0.05, 0) is 29.8 Å². The molecular formula is C16H19N3O. The first-order valence-corrected chi connectivity index (χ1v) is 6.99. The van der Waals surface area contributed by atoms with E-state index in [-0.39, 0.29) is 11.9 Å². The number of hydrogen-bond acceptors (Lipinski definition) is 3. The SMILES string of the molecule is CC1CNC(C(=O)Nc2ccc3ccccc3c2)CN1. The standard InChI is InChI=1S/C16H19N3O/c1-11-9-18-15(10-17-11)16(20)19-14-7-6-12-4-2-3-5-13(12)8-14/h2-8,11,15,17-18H,9-10H2,1H3,(H,19,20). The van der Waals surface area contributed by atoms with Crippen LogP contribution < -0.4 is 16.0 Å². The van der Waals surface area contributed by atoms with E-state index in [9.17, 15) is 4.79 Å². The van der Waals surface area contributed by atoms with Crippen molar-refractivity contribution in [3.05, 3.63) is 42.5 Å². The lowest BCUT2D eigenvalue weighted by Gasteiger charge is -2.28. The second kappa shape index (κ2) is 5.61. The molecule has 2 atom stereocenters. The molecule has 0 bridgehead atoms. The minimum Gasteiger partial charge on any atom is -0.325 e. The minimum absolute atomic E-state index is 0.0136. The molecule has 1 heterocycles. The van der Waals surface area contributed by atoms with Gasteiger partial charge in [-0.2, -0.15) is 0 Å². The van der Waals surface area contributed by atoms with Crippen molar-refractivity contribution in [3.63, 3.8) is 0 Å². The molecular weight excluding hydrogens is 250 g/mol. The number of anilines is 1. The molecule has 1 saturated heterocycles. The molecule has 104 valence electrons. The van der Waals surface area contributed by atoms with Crippen LogP contribution in [0.2, 0.25) is 0 Å². The van der Waals surface area contributed by atoms with Gasteiger partial charge in [-0.1, -0.05) is 30.3 Å². The number of fused-ring (bicyclic) bond motifs is 1. The van der Waals surface area contributed by atoms with E-state index in [0.717, 1.165) is 17.6 Å². The maximum Gasteiger partial charge on any atom is 0.242 e. The highest BCUT2D eigenvalue weighted by Gasteiger charge is 2.23. The van der Waals surface area contributed by atoms with Gasteiger partial charge in [0.15, 0.2) is 0 Å². The van der Waals surface area contributed by atoms with Gasteiger partial charge in [0.2, 0.25) is 5.91 Å². The third-order valence-corrected chi connectivity index (χ3v) is 3.67. The van der Waals surface area contributed by atoms with E-state index in [2.05, 4.69) is 28.9 Å². The molecule has 3 N–H and O–H groups in total. The molecule has 0 spiro atoms. The Labute approximate surface area is 118 Å². The third kappa shape index (κ3) is 2.81. The van der Waals surface area contributed by atoms with Crippen molar-refractivity contribution in [3.8, 4) is 0 Å². The summed E-state index contributed by atoms with van der Waals surface area (Å²) in [5.41, 5.74) is 0.842. The number of hydrogen-bond donors (Lipinski definition) is 3. The number of carbonyl (C=O) groups excluding carboxylic acids is 1. The normalized spacial score (nSPS) is 22.6. The largest absolute Gasteiger partial charge is 0.325 e. The highest BCUT2D eigenvalue weighted by Crippen LogP contribution is 2.18. The summed E-state index contributed by atoms with van der Waals surface area (Å²) in [5, 5.41) is 11.8. The van der Waals surface area contributed by atoms with E-state index >= 15 is 0 Å². The first-order chi connectivity index (χ1) is 9.72. The zero-order valence-corrected chi connectivity index (χ0v) is 11.5. The Hall–Kier alpha value is -1.91. The molecule has 1 amide bonds. The van der Waals surface area contributed by atoms with Crippen LogP contribution in [0.3, 0.4) is 0 Å². The number of carbonyl (C=O) groups is 1. The number of amides is 1. The Morgan fingerprint density at radius 1 is 1.10 bits per heavy atom. The molecule has 0 saturated carbocycles. The Balaban J connectivity index is 1.71. The Morgan fingerprint density at radius 2 is 1.90 bits per heavy atom. The van der Waals surface area contributed by atoms with E-state index in [0.29, 0.717) is 12.6 Å². The minimum atomic E-state index is -0.169. The van der Waals surface area contributed by atoms with E-state index < -0.39 is 0 Å². The second-order valence-electron chi connectivity index (χ2n) is 5.32. The van der Waals surface area contributed by atoms with Gasteiger partial charge in [0, 0.05) is 24.8 Å². The predicted molar refractivity (Wildman–Crippen MR) is 81.8 cm³/mol. The Bertz CT molecular complexity index is 618. The van der Waals surface area contributed by atoms with Gasteiger partial charge in [-0.3, -0.25) is 4.79 Å². The molecule has 0 aliphatic carbocycles. The summed E-state index contributed by atoms with van der Waals surface area (Å²) in [5.74, 6) is 0.0136. The number of benzene rings is 2. The molecule has 4 heteroatoms. The fourth-order valence-electron chi connectivity index (χ4n) is 2.46. The monoisotopic (exact) mass is 269 g/mol. The maximum absolute atomic E-state index is 12.2. The molecule has 2 aromatic rings. The number of rotatable bonds is 2. The van der Waals surface area contributed by atoms with Crippen molar-refractivity contribution in [1.82, 2.24) is 10.6 Å². The maximum atomic E-state index is 12.2. The van der Waals surface area contributed by atoms with Gasteiger partial charge in [0.05, 0.1) is 6.04 Å². The fraction of sp³-hybridized carbons (Fsp3) is 0.312. The highest BCUT2D eigenvalue weighted by atomic mass is 16.2. The molecule has 2 aromatic carbocycles. The molecule has 20 heavy (non-hydrogen) atoms. The molecule has 1 aliphatic heterocycles. The smallest absolute Gasteiger partial charge is 0.242 e. The van der Waals surface area contributed by atoms with Crippen LogP contribution in [-0.4, -0.2) is 31.1 Å². The summed E-state index contributed by atoms with van der Waals surface area (Å²) in [4.78, 5) is 12.2. The lowest BCUT2D eigenvalue weighted by molar-refractivity contribution is -0.118. The zero-order chi connectivity index (χ0) is 13.9. The van der Waals surface area contributed by atoms with Gasteiger partial charge in [0.25, 0.3) is 0 Å². The van der Waals surface area contributed by atoms with Crippen molar-refractivity contribution >= 4 is 22.4 Å². The summed E-state index contributed by atoms with van der Waals surface area (Å²) < 4.78 is 0. The second-order valence-corrected chi connectivity index (χ2v) is 5.32. The van der Waals surface area contributed by atoms with Crippen molar-refractivity contribution < 1.29 is 4.79 Å². The van der Waals surface area contributed by atoms with E-state index in [1.807, 2.05) is 36.4 Å². The van der Waals surface area contributed by atoms with Gasteiger partial charge >= 0.3 is 0 Å². The van der Waals surface area contributed by atoms with Gasteiger partial charge in [0.1, 0.15) is 0 Å². The third-order valence-electron chi connectivity index (χ3n) is 3.67. The zero-order valence-electron chi connectivity index (χ0n) is 11.5. The molecule has 0 radical (unpaired) electrons. The van der Waals surface area contributed by atoms with Crippen molar-refractivity contribution in [2.75, 3.05) is 18.4 Å². The molecule has 2 unspecified atom stereocenters. The molecule has 1 fully saturated rings. The number of nitrogens with one attached hydrogen (secondary N) is 3. The summed E-state index contributed by atoms with van der Waals surface area (Å²) in [6.07, 6.45) is 0. The van der Waals surface area contributed by atoms with Crippen LogP contribution in [0.25, 0.3) is 10.8 Å². The number of piperazine rings is 1. The van der Waals surface area contributed by atoms with Crippen LogP contribution in [0.4, 0.5) is 5.69 Å². The molecule has 0 aromatic heterocycles. The quantitative estimate of drug-likeness (QED) is 0.778. The summed E-state index contributed by atoms with van der Waals surface area (Å²) in [6, 6.07) is 14.4. The summed E-state index contributed by atoms with van der Waals surface area (Å²) >= 11 is 0. The van der Waals surface area contributed by atoms with Crippen LogP contribution in [0.1, 0.15) is 6.92 Å². The first kappa shape index (κ1) is 13.1. The van der Waals surface area contributed by atoms with Crippen molar-refractivity contribution in [2.24, 2.45) is 0 Å². The van der Waals surface area contributed by atoms with Crippen LogP contribution in [0, 0.1) is 0 Å². The van der Waals surface area contributed by atoms with E-state index in [4.69, 9.17) is 0 Å². The first-order valence-electron chi connectivity index (χ1n) is 6.99. The van der Waals surface area contributed by atoms with Gasteiger partial charge in [-0.15, -0.1) is 0 Å². The summed E-state index contributed by atoms with van der Waals surface area (Å²) in [7, 11) is 0. The van der Waals surface area contributed by atoms with Crippen molar-refractivity contribution in [1.29, 1.82) is 0 Å². The lowest BCUT2D eigenvalue weighted by Crippen LogP contribution is -2.57. The molecule has 4 nitrogen and oxygen atoms in total. The predicted octanol–water partition coefficient (Wildman–Crippen LogP) is 1.73. The highest BCUT2D eigenvalue weighted by molar-refractivity contribution is 5.97. The van der Waals surface area contributed by atoms with Crippen LogP contribution >= 0.6 is 0 Å². The van der Waals surface area contributed by atoms with Gasteiger partial charge in [-0.25, -0.2) is 0 Å². The van der Waals surface area contributed by atoms with E-state index in [1.165, 1.54) is 5.39 Å². The summed E-state index contributed by atoms with van der Waals surface area (Å²) in [6.45, 7) is 3.58. The molecule has 3 rings (SSSR count).